The number of ether oxygens (including phenoxy) is 1. The Kier molecular flexibility index (Phi) is 5.38. The summed E-state index contributed by atoms with van der Waals surface area (Å²) >= 11 is 0. The average Bonchev–Trinajstić information content (AvgIpc) is 2.76. The molecule has 0 amide bonds. The summed E-state index contributed by atoms with van der Waals surface area (Å²) in [7, 11) is 0. The number of carbonyl (C=O) groups is 1. The topological polar surface area (TPSA) is 66.8 Å². The molecule has 0 aromatic heterocycles. The van der Waals surface area contributed by atoms with E-state index in [0.29, 0.717) is 12.8 Å². The first kappa shape index (κ1) is 15.3. The number of carbonyl (C=O) groups excluding carboxylic acids is 1. The first-order valence-corrected chi connectivity index (χ1v) is 7.48. The van der Waals surface area contributed by atoms with E-state index >= 15 is 0 Å². The molecular weight excluding hydrogens is 256 g/mol. The van der Waals surface area contributed by atoms with E-state index in [0.717, 1.165) is 19.3 Å². The summed E-state index contributed by atoms with van der Waals surface area (Å²) < 4.78 is 5.23. The van der Waals surface area contributed by atoms with Gasteiger partial charge in [-0.1, -0.05) is 12.2 Å². The minimum atomic E-state index is -0.717. The van der Waals surface area contributed by atoms with Gasteiger partial charge in [-0.15, -0.1) is 0 Å². The smallest absolute Gasteiger partial charge is 0.330 e. The quantitative estimate of drug-likeness (QED) is 0.526. The average molecular weight is 280 g/mol. The van der Waals surface area contributed by atoms with Crippen molar-refractivity contribution in [2.75, 3.05) is 0 Å². The molecule has 0 radical (unpaired) electrons. The highest BCUT2D eigenvalue weighted by molar-refractivity contribution is 5.82. The van der Waals surface area contributed by atoms with Crippen LogP contribution in [-0.2, 0) is 9.53 Å². The molecule has 0 bridgehead atoms. The van der Waals surface area contributed by atoms with Gasteiger partial charge in [-0.3, -0.25) is 0 Å². The Balaban J connectivity index is 2.11. The van der Waals surface area contributed by atoms with E-state index in [9.17, 15) is 15.0 Å². The summed E-state index contributed by atoms with van der Waals surface area (Å²) in [5.41, 5.74) is 0. The first-order chi connectivity index (χ1) is 9.56. The highest BCUT2D eigenvalue weighted by Crippen LogP contribution is 2.36. The van der Waals surface area contributed by atoms with Crippen molar-refractivity contribution >= 4 is 5.97 Å². The van der Waals surface area contributed by atoms with Gasteiger partial charge in [0.1, 0.15) is 0 Å². The Labute approximate surface area is 120 Å². The number of rotatable bonds is 0. The molecular formula is C16H24O4. The van der Waals surface area contributed by atoms with Crippen LogP contribution in [0.2, 0.25) is 0 Å². The SMILES string of the molecule is C[C@H]1CCCC=C[C@@H]2C[C@H](O)C[C@H]2[C@H](O)/C=C/C(=O)O1. The lowest BCUT2D eigenvalue weighted by molar-refractivity contribution is -0.142. The molecule has 1 fully saturated rings. The van der Waals surface area contributed by atoms with Crippen molar-refractivity contribution in [3.05, 3.63) is 24.3 Å². The van der Waals surface area contributed by atoms with Gasteiger partial charge in [0.15, 0.2) is 0 Å². The first-order valence-electron chi connectivity index (χ1n) is 7.48. The number of aliphatic hydroxyl groups excluding tert-OH is 2. The summed E-state index contributed by atoms with van der Waals surface area (Å²) in [5, 5.41) is 20.0. The van der Waals surface area contributed by atoms with Crippen molar-refractivity contribution in [2.45, 2.75) is 57.3 Å². The van der Waals surface area contributed by atoms with Crippen LogP contribution in [0, 0.1) is 11.8 Å². The van der Waals surface area contributed by atoms with E-state index in [-0.39, 0.29) is 24.0 Å². The number of hydrogen-bond acceptors (Lipinski definition) is 4. The van der Waals surface area contributed by atoms with Crippen LogP contribution in [0.25, 0.3) is 0 Å². The highest BCUT2D eigenvalue weighted by Gasteiger charge is 2.35. The van der Waals surface area contributed by atoms with E-state index in [1.807, 2.05) is 6.92 Å². The van der Waals surface area contributed by atoms with Gasteiger partial charge < -0.3 is 14.9 Å². The molecule has 4 heteroatoms. The molecule has 0 aromatic rings. The number of aliphatic hydroxyl groups is 2. The van der Waals surface area contributed by atoms with Crippen LogP contribution in [0.1, 0.15) is 39.0 Å². The maximum absolute atomic E-state index is 11.6. The molecule has 112 valence electrons. The summed E-state index contributed by atoms with van der Waals surface area (Å²) in [5.74, 6) is -0.249. The molecule has 1 heterocycles. The maximum atomic E-state index is 11.6. The number of fused-ring (bicyclic) bond motifs is 1. The zero-order valence-electron chi connectivity index (χ0n) is 11.9. The minimum Gasteiger partial charge on any atom is -0.460 e. The lowest BCUT2D eigenvalue weighted by Crippen LogP contribution is -2.21. The Morgan fingerprint density at radius 3 is 2.85 bits per heavy atom. The van der Waals surface area contributed by atoms with Crippen molar-refractivity contribution in [1.82, 2.24) is 0 Å². The maximum Gasteiger partial charge on any atom is 0.330 e. The van der Waals surface area contributed by atoms with Crippen LogP contribution in [0.3, 0.4) is 0 Å². The van der Waals surface area contributed by atoms with Crippen LogP contribution in [0.5, 0.6) is 0 Å². The van der Waals surface area contributed by atoms with Crippen LogP contribution < -0.4 is 0 Å². The van der Waals surface area contributed by atoms with Crippen LogP contribution in [0.4, 0.5) is 0 Å². The second-order valence-electron chi connectivity index (χ2n) is 5.91. The predicted molar refractivity (Wildman–Crippen MR) is 75.9 cm³/mol. The fourth-order valence-electron chi connectivity index (χ4n) is 3.10. The molecule has 4 nitrogen and oxygen atoms in total. The van der Waals surface area contributed by atoms with Crippen LogP contribution in [-0.4, -0.2) is 34.5 Å². The fourth-order valence-corrected chi connectivity index (χ4v) is 3.10. The van der Waals surface area contributed by atoms with Gasteiger partial charge in [0, 0.05) is 6.08 Å². The standard InChI is InChI=1S/C16H24O4/c1-11-5-3-2-4-6-12-9-13(17)10-14(12)15(18)7-8-16(19)20-11/h4,6-8,11-15,17-18H,2-3,5,9-10H2,1H3/b6-4?,8-7+/t11-,12+,13-,14+,15+/m0/s1. The van der Waals surface area contributed by atoms with Crippen molar-refractivity contribution in [3.8, 4) is 0 Å². The van der Waals surface area contributed by atoms with E-state index in [4.69, 9.17) is 4.74 Å². The van der Waals surface area contributed by atoms with Crippen LogP contribution in [0.15, 0.2) is 24.3 Å². The zero-order chi connectivity index (χ0) is 14.5. The van der Waals surface area contributed by atoms with Gasteiger partial charge in [-0.2, -0.15) is 0 Å². The molecule has 2 N–H and O–H groups in total. The van der Waals surface area contributed by atoms with Gasteiger partial charge in [-0.25, -0.2) is 4.79 Å². The molecule has 2 rings (SSSR count). The molecule has 1 aliphatic carbocycles. The zero-order valence-corrected chi connectivity index (χ0v) is 11.9. The second kappa shape index (κ2) is 7.04. The van der Waals surface area contributed by atoms with Gasteiger partial charge in [0.2, 0.25) is 0 Å². The molecule has 2 aliphatic rings. The normalized spacial score (nSPS) is 41.0. The number of hydrogen-bond donors (Lipinski definition) is 2. The van der Waals surface area contributed by atoms with Crippen molar-refractivity contribution < 1.29 is 19.7 Å². The van der Waals surface area contributed by atoms with Crippen molar-refractivity contribution in [1.29, 1.82) is 0 Å². The Bertz CT molecular complexity index is 388. The third-order valence-corrected chi connectivity index (χ3v) is 4.19. The van der Waals surface area contributed by atoms with Crippen molar-refractivity contribution in [3.63, 3.8) is 0 Å². The molecule has 0 saturated heterocycles. The highest BCUT2D eigenvalue weighted by atomic mass is 16.5. The molecule has 0 unspecified atom stereocenters. The minimum absolute atomic E-state index is 0.0246. The van der Waals surface area contributed by atoms with Gasteiger partial charge in [-0.05, 0) is 56.9 Å². The molecule has 5 atom stereocenters. The van der Waals surface area contributed by atoms with E-state index < -0.39 is 12.1 Å². The number of cyclic esters (lactones) is 1. The fraction of sp³-hybridized carbons (Fsp3) is 0.688. The number of esters is 1. The molecule has 20 heavy (non-hydrogen) atoms. The monoisotopic (exact) mass is 280 g/mol. The van der Waals surface area contributed by atoms with Gasteiger partial charge >= 0.3 is 5.97 Å². The molecule has 1 saturated carbocycles. The predicted octanol–water partition coefficient (Wildman–Crippen LogP) is 1.96. The summed E-state index contributed by atoms with van der Waals surface area (Å²) in [6.07, 6.45) is 9.87. The lowest BCUT2D eigenvalue weighted by Gasteiger charge is -2.19. The van der Waals surface area contributed by atoms with E-state index in [2.05, 4.69) is 12.2 Å². The third kappa shape index (κ3) is 4.18. The molecule has 1 aliphatic heterocycles. The Morgan fingerprint density at radius 1 is 1.25 bits per heavy atom. The second-order valence-corrected chi connectivity index (χ2v) is 5.91. The van der Waals surface area contributed by atoms with Gasteiger partial charge in [0.05, 0.1) is 18.3 Å². The van der Waals surface area contributed by atoms with Crippen molar-refractivity contribution in [2.24, 2.45) is 11.8 Å². The largest absolute Gasteiger partial charge is 0.460 e. The lowest BCUT2D eigenvalue weighted by atomic mass is 9.90. The van der Waals surface area contributed by atoms with E-state index in [1.54, 1.807) is 0 Å². The van der Waals surface area contributed by atoms with E-state index in [1.165, 1.54) is 12.2 Å². The number of allylic oxidation sites excluding steroid dienone is 2. The molecule has 0 spiro atoms. The summed E-state index contributed by atoms with van der Waals surface area (Å²) in [6.45, 7) is 1.89. The van der Waals surface area contributed by atoms with Gasteiger partial charge in [0.25, 0.3) is 0 Å². The molecule has 0 aromatic carbocycles. The Hall–Kier alpha value is -1.13. The van der Waals surface area contributed by atoms with Crippen LogP contribution >= 0.6 is 0 Å². The Morgan fingerprint density at radius 2 is 2.05 bits per heavy atom. The summed E-state index contributed by atoms with van der Waals surface area (Å²) in [4.78, 5) is 11.6. The third-order valence-electron chi connectivity index (χ3n) is 4.19. The summed E-state index contributed by atoms with van der Waals surface area (Å²) in [6, 6.07) is 0.